The highest BCUT2D eigenvalue weighted by molar-refractivity contribution is 6.15. The zero-order valence-corrected chi connectivity index (χ0v) is 17.7. The van der Waals surface area contributed by atoms with E-state index in [1.54, 1.807) is 61.5 Å². The number of anilines is 2. The number of carbonyl (C=O) groups is 2. The lowest BCUT2D eigenvalue weighted by Gasteiger charge is -2.15. The van der Waals surface area contributed by atoms with Crippen LogP contribution in [0.15, 0.2) is 77.2 Å². The van der Waals surface area contributed by atoms with E-state index in [1.165, 1.54) is 0 Å². The molecule has 0 unspecified atom stereocenters. The predicted octanol–water partition coefficient (Wildman–Crippen LogP) is 4.82. The van der Waals surface area contributed by atoms with Gasteiger partial charge in [0.25, 0.3) is 11.8 Å². The highest BCUT2D eigenvalue weighted by Gasteiger charge is 2.25. The molecule has 0 saturated carbocycles. The quantitative estimate of drug-likeness (QED) is 0.442. The summed E-state index contributed by atoms with van der Waals surface area (Å²) in [6.07, 6.45) is -0.800. The van der Waals surface area contributed by atoms with Gasteiger partial charge in [0.2, 0.25) is 12.6 Å². The second-order valence-corrected chi connectivity index (χ2v) is 7.39. The molecule has 166 valence electrons. The maximum absolute atomic E-state index is 13.1. The Morgan fingerprint density at radius 1 is 0.909 bits per heavy atom. The number of amides is 2. The lowest BCUT2D eigenvalue weighted by molar-refractivity contribution is -0.122. The second-order valence-electron chi connectivity index (χ2n) is 7.39. The average molecular weight is 444 g/mol. The topological polar surface area (TPSA) is 99.0 Å². The molecule has 0 spiro atoms. The Hall–Kier alpha value is -4.46. The van der Waals surface area contributed by atoms with Crippen molar-refractivity contribution in [1.82, 2.24) is 0 Å². The van der Waals surface area contributed by atoms with Gasteiger partial charge in [-0.1, -0.05) is 30.3 Å². The summed E-state index contributed by atoms with van der Waals surface area (Å²) in [4.78, 5) is 26.0. The minimum Gasteiger partial charge on any atom is -0.481 e. The molecule has 1 aliphatic heterocycles. The first kappa shape index (κ1) is 20.4. The number of nitrogens with one attached hydrogen (secondary N) is 2. The first-order valence-electron chi connectivity index (χ1n) is 10.3. The Labute approximate surface area is 189 Å². The fourth-order valence-electron chi connectivity index (χ4n) is 3.47. The van der Waals surface area contributed by atoms with Crippen LogP contribution in [0.3, 0.4) is 0 Å². The largest absolute Gasteiger partial charge is 0.481 e. The number of carbonyl (C=O) groups excluding carboxylic acids is 2. The van der Waals surface area contributed by atoms with Crippen LogP contribution in [-0.2, 0) is 4.79 Å². The first-order valence-corrected chi connectivity index (χ1v) is 10.3. The van der Waals surface area contributed by atoms with E-state index in [-0.39, 0.29) is 18.2 Å². The zero-order chi connectivity index (χ0) is 22.8. The summed E-state index contributed by atoms with van der Waals surface area (Å²) < 4.78 is 22.2. The molecule has 8 heteroatoms. The number of fused-ring (bicyclic) bond motifs is 2. The van der Waals surface area contributed by atoms with Crippen LogP contribution in [0, 0.1) is 0 Å². The number of furan rings is 1. The van der Waals surface area contributed by atoms with Crippen LogP contribution in [0.2, 0.25) is 0 Å². The molecular weight excluding hydrogens is 424 g/mol. The van der Waals surface area contributed by atoms with Gasteiger partial charge in [0.15, 0.2) is 17.6 Å². The Balaban J connectivity index is 1.40. The lowest BCUT2D eigenvalue weighted by Crippen LogP contribution is -2.30. The predicted molar refractivity (Wildman–Crippen MR) is 122 cm³/mol. The Morgan fingerprint density at radius 2 is 1.67 bits per heavy atom. The Bertz CT molecular complexity index is 1330. The van der Waals surface area contributed by atoms with Crippen LogP contribution in [0.1, 0.15) is 17.5 Å². The van der Waals surface area contributed by atoms with Crippen molar-refractivity contribution < 1.29 is 28.2 Å². The van der Waals surface area contributed by atoms with Crippen molar-refractivity contribution in [2.24, 2.45) is 0 Å². The van der Waals surface area contributed by atoms with Crippen LogP contribution in [-0.4, -0.2) is 24.7 Å². The van der Waals surface area contributed by atoms with Crippen LogP contribution in [0.4, 0.5) is 11.4 Å². The molecule has 0 saturated heterocycles. The third kappa shape index (κ3) is 4.18. The van der Waals surface area contributed by atoms with Gasteiger partial charge in [0.05, 0.1) is 0 Å². The van der Waals surface area contributed by atoms with Crippen LogP contribution in [0.5, 0.6) is 17.2 Å². The van der Waals surface area contributed by atoms with Gasteiger partial charge in [-0.15, -0.1) is 0 Å². The van der Waals surface area contributed by atoms with Crippen molar-refractivity contribution in [3.8, 4) is 17.2 Å². The van der Waals surface area contributed by atoms with Gasteiger partial charge >= 0.3 is 0 Å². The number of hydrogen-bond donors (Lipinski definition) is 2. The molecule has 4 aromatic rings. The molecular formula is C25H20N2O6. The van der Waals surface area contributed by atoms with Crippen molar-refractivity contribution in [2.75, 3.05) is 17.4 Å². The Kier molecular flexibility index (Phi) is 5.32. The van der Waals surface area contributed by atoms with Gasteiger partial charge in [0.1, 0.15) is 17.0 Å². The SMILES string of the molecule is C[C@H](Oc1ccccc1)C(=O)Nc1c(C(=O)Nc2ccc3c(c2)OCO3)oc2ccccc12. The molecule has 2 amide bonds. The minimum absolute atomic E-state index is 0.0193. The molecule has 5 rings (SSSR count). The standard InChI is InChI=1S/C25H20N2O6/c1-15(32-17-7-3-2-4-8-17)24(28)27-22-18-9-5-6-10-19(18)33-23(22)25(29)26-16-11-12-20-21(13-16)31-14-30-20/h2-13,15H,14H2,1H3,(H,26,29)(H,27,28)/t15-/m0/s1. The highest BCUT2D eigenvalue weighted by Crippen LogP contribution is 2.35. The van der Waals surface area contributed by atoms with Gasteiger partial charge in [-0.25, -0.2) is 0 Å². The van der Waals surface area contributed by atoms with Gasteiger partial charge in [-0.2, -0.15) is 0 Å². The number of rotatable bonds is 6. The molecule has 0 radical (unpaired) electrons. The second kappa shape index (κ2) is 8.58. The van der Waals surface area contributed by atoms with E-state index in [1.807, 2.05) is 18.2 Å². The normalized spacial score (nSPS) is 12.9. The Morgan fingerprint density at radius 3 is 2.52 bits per heavy atom. The molecule has 0 fully saturated rings. The summed E-state index contributed by atoms with van der Waals surface area (Å²) in [5.41, 5.74) is 1.25. The number of para-hydroxylation sites is 2. The summed E-state index contributed by atoms with van der Waals surface area (Å²) in [5.74, 6) is 0.765. The number of benzene rings is 3. The van der Waals surface area contributed by atoms with Crippen molar-refractivity contribution >= 4 is 34.2 Å². The zero-order valence-electron chi connectivity index (χ0n) is 17.7. The fraction of sp³-hybridized carbons (Fsp3) is 0.120. The van der Waals surface area contributed by atoms with Crippen molar-refractivity contribution in [3.63, 3.8) is 0 Å². The maximum Gasteiger partial charge on any atom is 0.293 e. The molecule has 1 atom stereocenters. The monoisotopic (exact) mass is 444 g/mol. The number of ether oxygens (including phenoxy) is 3. The highest BCUT2D eigenvalue weighted by atomic mass is 16.7. The number of hydrogen-bond acceptors (Lipinski definition) is 6. The molecule has 2 N–H and O–H groups in total. The van der Waals surface area contributed by atoms with Gasteiger partial charge in [-0.3, -0.25) is 9.59 Å². The molecule has 8 nitrogen and oxygen atoms in total. The van der Waals surface area contributed by atoms with E-state index in [0.717, 1.165) is 0 Å². The molecule has 1 aromatic heterocycles. The third-order valence-corrected chi connectivity index (χ3v) is 5.11. The summed E-state index contributed by atoms with van der Waals surface area (Å²) in [6, 6.07) is 21.2. The van der Waals surface area contributed by atoms with Crippen LogP contribution < -0.4 is 24.8 Å². The maximum atomic E-state index is 13.1. The van der Waals surface area contributed by atoms with Gasteiger partial charge in [0, 0.05) is 17.1 Å². The van der Waals surface area contributed by atoms with E-state index in [4.69, 9.17) is 18.6 Å². The first-order chi connectivity index (χ1) is 16.1. The smallest absolute Gasteiger partial charge is 0.293 e. The van der Waals surface area contributed by atoms with E-state index in [2.05, 4.69) is 10.6 Å². The lowest BCUT2D eigenvalue weighted by atomic mass is 10.2. The summed E-state index contributed by atoms with van der Waals surface area (Å²) in [6.45, 7) is 1.77. The van der Waals surface area contributed by atoms with E-state index in [9.17, 15) is 9.59 Å². The molecule has 2 heterocycles. The molecule has 3 aromatic carbocycles. The van der Waals surface area contributed by atoms with Gasteiger partial charge in [-0.05, 0) is 43.3 Å². The van der Waals surface area contributed by atoms with Crippen molar-refractivity contribution in [1.29, 1.82) is 0 Å². The summed E-state index contributed by atoms with van der Waals surface area (Å²) >= 11 is 0. The van der Waals surface area contributed by atoms with Crippen LogP contribution >= 0.6 is 0 Å². The fourth-order valence-corrected chi connectivity index (χ4v) is 3.47. The van der Waals surface area contributed by atoms with Gasteiger partial charge < -0.3 is 29.3 Å². The minimum atomic E-state index is -0.800. The van der Waals surface area contributed by atoms with E-state index >= 15 is 0 Å². The molecule has 0 bridgehead atoms. The molecule has 1 aliphatic rings. The van der Waals surface area contributed by atoms with E-state index in [0.29, 0.717) is 33.9 Å². The summed E-state index contributed by atoms with van der Waals surface area (Å²) in [5, 5.41) is 6.18. The van der Waals surface area contributed by atoms with Crippen LogP contribution in [0.25, 0.3) is 11.0 Å². The van der Waals surface area contributed by atoms with Crippen molar-refractivity contribution in [2.45, 2.75) is 13.0 Å². The summed E-state index contributed by atoms with van der Waals surface area (Å²) in [7, 11) is 0. The average Bonchev–Trinajstić information content (AvgIpc) is 3.44. The van der Waals surface area contributed by atoms with E-state index < -0.39 is 17.9 Å². The molecule has 33 heavy (non-hydrogen) atoms. The van der Waals surface area contributed by atoms with Crippen molar-refractivity contribution in [3.05, 3.63) is 78.6 Å². The molecule has 0 aliphatic carbocycles. The third-order valence-electron chi connectivity index (χ3n) is 5.11.